The zero-order valence-electron chi connectivity index (χ0n) is 15.2. The molecule has 0 unspecified atom stereocenters. The molecule has 2 aromatic carbocycles. The van der Waals surface area contributed by atoms with E-state index in [1.54, 1.807) is 5.56 Å². The van der Waals surface area contributed by atoms with Crippen molar-refractivity contribution in [2.75, 3.05) is 5.73 Å². The average molecular weight is 322 g/mol. The van der Waals surface area contributed by atoms with Crippen molar-refractivity contribution in [1.82, 2.24) is 0 Å². The highest BCUT2D eigenvalue weighted by molar-refractivity contribution is 5.39. The number of hydrogen-bond donors (Lipinski definition) is 1. The molecule has 1 fully saturated rings. The lowest BCUT2D eigenvalue weighted by Gasteiger charge is -2.40. The number of nitrogen functional groups attached to an aromatic ring is 1. The van der Waals surface area contributed by atoms with Gasteiger partial charge in [0.2, 0.25) is 0 Å². The summed E-state index contributed by atoms with van der Waals surface area (Å²) in [5.41, 5.74) is 11.7. The summed E-state index contributed by atoms with van der Waals surface area (Å²) in [6.07, 6.45) is 8.96. The lowest BCUT2D eigenvalue weighted by Crippen LogP contribution is -2.28. The number of hydrogen-bond acceptors (Lipinski definition) is 1. The van der Waals surface area contributed by atoms with Crippen molar-refractivity contribution in [2.45, 2.75) is 64.7 Å². The zero-order chi connectivity index (χ0) is 17.0. The van der Waals surface area contributed by atoms with Crippen LogP contribution in [-0.4, -0.2) is 0 Å². The van der Waals surface area contributed by atoms with Crippen LogP contribution in [0.5, 0.6) is 0 Å². The Bertz CT molecular complexity index is 648. The zero-order valence-corrected chi connectivity index (χ0v) is 15.2. The molecule has 1 nitrogen and oxygen atoms in total. The average Bonchev–Trinajstić information content (AvgIpc) is 2.64. The van der Waals surface area contributed by atoms with Gasteiger partial charge in [-0.1, -0.05) is 56.7 Å². The first-order valence-electron chi connectivity index (χ1n) is 9.57. The van der Waals surface area contributed by atoms with Gasteiger partial charge in [0, 0.05) is 5.69 Å². The number of rotatable bonds is 5. The van der Waals surface area contributed by atoms with Gasteiger partial charge in [-0.15, -0.1) is 0 Å². The SMILES string of the molecule is CCc1cccc(C2CCC(CC)(Cc3ccc(N)cc3)CC2)c1. The molecule has 0 atom stereocenters. The quantitative estimate of drug-likeness (QED) is 0.659. The van der Waals surface area contributed by atoms with Crippen LogP contribution in [0.3, 0.4) is 0 Å². The second kappa shape index (κ2) is 7.42. The number of benzene rings is 2. The molecule has 0 spiro atoms. The molecule has 3 rings (SSSR count). The van der Waals surface area contributed by atoms with Gasteiger partial charge in [0.05, 0.1) is 0 Å². The maximum atomic E-state index is 5.83. The van der Waals surface area contributed by atoms with Crippen LogP contribution in [0.1, 0.15) is 68.6 Å². The van der Waals surface area contributed by atoms with Gasteiger partial charge < -0.3 is 5.73 Å². The molecule has 0 aliphatic heterocycles. The van der Waals surface area contributed by atoms with E-state index < -0.39 is 0 Å². The van der Waals surface area contributed by atoms with E-state index in [1.807, 2.05) is 12.1 Å². The van der Waals surface area contributed by atoms with Gasteiger partial charge in [-0.2, -0.15) is 0 Å². The fraction of sp³-hybridized carbons (Fsp3) is 0.478. The Kier molecular flexibility index (Phi) is 5.28. The Balaban J connectivity index is 1.68. The van der Waals surface area contributed by atoms with Crippen molar-refractivity contribution in [3.05, 3.63) is 65.2 Å². The molecule has 1 aliphatic rings. The van der Waals surface area contributed by atoms with E-state index in [4.69, 9.17) is 5.73 Å². The molecular weight excluding hydrogens is 290 g/mol. The standard InChI is InChI=1S/C23H31N/c1-3-18-6-5-7-21(16-18)20-12-14-23(4-2,15-13-20)17-19-8-10-22(24)11-9-19/h5-11,16,20H,3-4,12-15,17,24H2,1-2H3. The van der Waals surface area contributed by atoms with Crippen LogP contribution in [0.25, 0.3) is 0 Å². The third-order valence-corrected chi connectivity index (χ3v) is 6.19. The van der Waals surface area contributed by atoms with E-state index >= 15 is 0 Å². The van der Waals surface area contributed by atoms with Crippen LogP contribution < -0.4 is 5.73 Å². The van der Waals surface area contributed by atoms with E-state index in [2.05, 4.69) is 50.2 Å². The first kappa shape index (κ1) is 17.1. The molecule has 0 heterocycles. The van der Waals surface area contributed by atoms with Crippen molar-refractivity contribution >= 4 is 5.69 Å². The minimum absolute atomic E-state index is 0.481. The summed E-state index contributed by atoms with van der Waals surface area (Å²) < 4.78 is 0. The summed E-state index contributed by atoms with van der Waals surface area (Å²) in [5, 5.41) is 0. The van der Waals surface area contributed by atoms with E-state index in [0.29, 0.717) is 5.41 Å². The predicted octanol–water partition coefficient (Wildman–Crippen LogP) is 6.13. The van der Waals surface area contributed by atoms with Gasteiger partial charge in [-0.05, 0) is 78.7 Å². The first-order valence-corrected chi connectivity index (χ1v) is 9.57. The van der Waals surface area contributed by atoms with E-state index in [0.717, 1.165) is 18.0 Å². The third-order valence-electron chi connectivity index (χ3n) is 6.19. The molecule has 2 N–H and O–H groups in total. The molecule has 2 aromatic rings. The molecule has 1 heteroatoms. The molecule has 1 saturated carbocycles. The predicted molar refractivity (Wildman–Crippen MR) is 104 cm³/mol. The van der Waals surface area contributed by atoms with Crippen LogP contribution in [0.15, 0.2) is 48.5 Å². The number of aryl methyl sites for hydroxylation is 1. The van der Waals surface area contributed by atoms with Crippen LogP contribution in [-0.2, 0) is 12.8 Å². The van der Waals surface area contributed by atoms with Gasteiger partial charge in [-0.3, -0.25) is 0 Å². The second-order valence-electron chi connectivity index (χ2n) is 7.64. The summed E-state index contributed by atoms with van der Waals surface area (Å²) in [7, 11) is 0. The van der Waals surface area contributed by atoms with Gasteiger partial charge in [-0.25, -0.2) is 0 Å². The maximum absolute atomic E-state index is 5.83. The van der Waals surface area contributed by atoms with E-state index in [9.17, 15) is 0 Å². The Labute approximate surface area is 147 Å². The Morgan fingerprint density at radius 2 is 1.67 bits per heavy atom. The van der Waals surface area contributed by atoms with Crippen LogP contribution in [0.2, 0.25) is 0 Å². The van der Waals surface area contributed by atoms with Crippen molar-refractivity contribution in [1.29, 1.82) is 0 Å². The van der Waals surface area contributed by atoms with Crippen molar-refractivity contribution in [3.8, 4) is 0 Å². The highest BCUT2D eigenvalue weighted by Crippen LogP contribution is 2.47. The molecule has 0 radical (unpaired) electrons. The topological polar surface area (TPSA) is 26.0 Å². The second-order valence-corrected chi connectivity index (χ2v) is 7.64. The normalized spacial score (nSPS) is 24.0. The van der Waals surface area contributed by atoms with Crippen LogP contribution >= 0.6 is 0 Å². The van der Waals surface area contributed by atoms with Crippen molar-refractivity contribution in [2.24, 2.45) is 5.41 Å². The fourth-order valence-corrected chi connectivity index (χ4v) is 4.35. The maximum Gasteiger partial charge on any atom is 0.0314 e. The molecule has 1 aliphatic carbocycles. The minimum Gasteiger partial charge on any atom is -0.399 e. The Morgan fingerprint density at radius 3 is 2.29 bits per heavy atom. The lowest BCUT2D eigenvalue weighted by atomic mass is 9.65. The molecule has 128 valence electrons. The summed E-state index contributed by atoms with van der Waals surface area (Å²) in [6.45, 7) is 4.62. The monoisotopic (exact) mass is 321 g/mol. The highest BCUT2D eigenvalue weighted by Gasteiger charge is 2.34. The highest BCUT2D eigenvalue weighted by atomic mass is 14.5. The molecule has 0 aromatic heterocycles. The van der Waals surface area contributed by atoms with Gasteiger partial charge in [0.15, 0.2) is 0 Å². The van der Waals surface area contributed by atoms with Crippen LogP contribution in [0, 0.1) is 5.41 Å². The first-order chi connectivity index (χ1) is 11.6. The van der Waals surface area contributed by atoms with Crippen molar-refractivity contribution in [3.63, 3.8) is 0 Å². The largest absolute Gasteiger partial charge is 0.399 e. The van der Waals surface area contributed by atoms with Crippen LogP contribution in [0.4, 0.5) is 5.69 Å². The number of anilines is 1. The van der Waals surface area contributed by atoms with Gasteiger partial charge >= 0.3 is 0 Å². The molecule has 0 bridgehead atoms. The lowest BCUT2D eigenvalue weighted by molar-refractivity contribution is 0.165. The smallest absolute Gasteiger partial charge is 0.0314 e. The van der Waals surface area contributed by atoms with E-state index in [-0.39, 0.29) is 0 Å². The molecule has 0 saturated heterocycles. The third kappa shape index (κ3) is 3.83. The Morgan fingerprint density at radius 1 is 0.958 bits per heavy atom. The molecule has 0 amide bonds. The molecular formula is C23H31N. The van der Waals surface area contributed by atoms with Gasteiger partial charge in [0.1, 0.15) is 0 Å². The minimum atomic E-state index is 0.481. The summed E-state index contributed by atoms with van der Waals surface area (Å²) in [6, 6.07) is 17.8. The molecule has 24 heavy (non-hydrogen) atoms. The van der Waals surface area contributed by atoms with Gasteiger partial charge in [0.25, 0.3) is 0 Å². The Hall–Kier alpha value is -1.76. The van der Waals surface area contributed by atoms with Crippen molar-refractivity contribution < 1.29 is 0 Å². The summed E-state index contributed by atoms with van der Waals surface area (Å²) in [4.78, 5) is 0. The summed E-state index contributed by atoms with van der Waals surface area (Å²) in [5.74, 6) is 0.752. The summed E-state index contributed by atoms with van der Waals surface area (Å²) >= 11 is 0. The number of nitrogens with two attached hydrogens (primary N) is 1. The fourth-order valence-electron chi connectivity index (χ4n) is 4.35. The van der Waals surface area contributed by atoms with E-state index in [1.165, 1.54) is 49.7 Å².